The molecule has 0 aliphatic rings. The third kappa shape index (κ3) is 22.5. The van der Waals surface area contributed by atoms with Crippen molar-refractivity contribution in [1.82, 2.24) is 0 Å². The van der Waals surface area contributed by atoms with E-state index in [-0.39, 0.29) is 108 Å². The topological polar surface area (TPSA) is 112 Å². The average Bonchev–Trinajstić information content (AvgIpc) is 1.27. The van der Waals surface area contributed by atoms with Crippen LogP contribution < -0.4 is 113 Å². The summed E-state index contributed by atoms with van der Waals surface area (Å²) in [5.74, 6) is -3.25. The van der Waals surface area contributed by atoms with Gasteiger partial charge < -0.3 is 25.3 Å². The molecule has 0 atom stereocenters. The predicted molar refractivity (Wildman–Crippen MR) is 18.2 cm³/mol. The first-order chi connectivity index (χ1) is 3.13. The molecule has 0 aromatic carbocycles. The molecule has 0 spiro atoms. The fourth-order valence-corrected chi connectivity index (χ4v) is 0.118. The van der Waals surface area contributed by atoms with Crippen molar-refractivity contribution >= 4 is 11.9 Å². The second kappa shape index (κ2) is 13.7. The van der Waals surface area contributed by atoms with Crippen molar-refractivity contribution in [2.75, 3.05) is 0 Å². The normalized spacial score (nSPS) is 5.60. The summed E-state index contributed by atoms with van der Waals surface area (Å²) in [6, 6.07) is 0. The number of hydrogen-bond acceptors (Lipinski definition) is 4. The van der Waals surface area contributed by atoms with Crippen LogP contribution in [0, 0.1) is 0 Å². The molecule has 0 rings (SSSR count). The summed E-state index contributed by atoms with van der Waals surface area (Å²) in [7, 11) is 0. The van der Waals surface area contributed by atoms with Crippen LogP contribution >= 0.6 is 0 Å². The van der Waals surface area contributed by atoms with Gasteiger partial charge in [0.2, 0.25) is 0 Å². The second-order valence-electron chi connectivity index (χ2n) is 0.921. The van der Waals surface area contributed by atoms with E-state index in [9.17, 15) is 19.8 Å². The van der Waals surface area contributed by atoms with E-state index in [0.29, 0.717) is 0 Å². The molecule has 2 N–H and O–H groups in total. The molecule has 0 aromatic rings. The summed E-state index contributed by atoms with van der Waals surface area (Å²) in [6.45, 7) is 0. The number of aliphatic carboxylic acids is 2. The van der Waals surface area contributed by atoms with E-state index in [1.54, 1.807) is 0 Å². The first-order valence-corrected chi connectivity index (χ1v) is 1.52. The van der Waals surface area contributed by atoms with E-state index < -0.39 is 18.4 Å². The summed E-state index contributed by atoms with van der Waals surface area (Å²) in [4.78, 5) is 18.6. The van der Waals surface area contributed by atoms with Crippen molar-refractivity contribution in [1.29, 1.82) is 0 Å². The molecule has 48 valence electrons. The van der Waals surface area contributed by atoms with E-state index in [0.717, 1.165) is 0 Å². The Morgan fingerprint density at radius 3 is 1.20 bits per heavy atom. The fraction of sp³-hybridized carbons (Fsp3) is 0.333. The smallest absolute Gasteiger partial charge is 0.550 e. The molecule has 5 nitrogen and oxygen atoms in total. The van der Waals surface area contributed by atoms with Crippen molar-refractivity contribution in [2.24, 2.45) is 0 Å². The third-order valence-electron chi connectivity index (χ3n) is 0.289. The Morgan fingerprint density at radius 1 is 1.00 bits per heavy atom. The molecule has 0 heterocycles. The molecular weight excluding hydrogens is 194 g/mol. The van der Waals surface area contributed by atoms with E-state index in [1.165, 1.54) is 0 Å². The fourth-order valence-electron chi connectivity index (χ4n) is 0.118. The molecule has 0 saturated heterocycles. The molecule has 0 unspecified atom stereocenters. The van der Waals surface area contributed by atoms with Gasteiger partial charge in [-0.2, -0.15) is 0 Å². The summed E-state index contributed by atoms with van der Waals surface area (Å²) in [5.41, 5.74) is 0. The van der Waals surface area contributed by atoms with Gasteiger partial charge >= 0.3 is 103 Å². The molecule has 0 radical (unpaired) electrons. The van der Waals surface area contributed by atoms with Crippen LogP contribution in [0.25, 0.3) is 0 Å². The standard InChI is InChI=1S/C3H4O4.2K.H2O/c4-2(5)1-3(6)7;;;/h1H2,(H,4,5)(H,6,7);;;1H2/q;2*+1;/p-2. The maximum Gasteiger partial charge on any atom is 1.00 e. The molecule has 0 bridgehead atoms. The van der Waals surface area contributed by atoms with Crippen LogP contribution in [0.15, 0.2) is 0 Å². The van der Waals surface area contributed by atoms with Crippen molar-refractivity contribution < 1.29 is 128 Å². The summed E-state index contributed by atoms with van der Waals surface area (Å²) < 4.78 is 0. The molecular formula is C3H4K2O5. The van der Waals surface area contributed by atoms with Gasteiger partial charge in [-0.3, -0.25) is 0 Å². The van der Waals surface area contributed by atoms with Crippen molar-refractivity contribution in [2.45, 2.75) is 6.42 Å². The maximum atomic E-state index is 9.28. The van der Waals surface area contributed by atoms with Gasteiger partial charge in [0.05, 0.1) is 0 Å². The maximum absolute atomic E-state index is 9.28. The zero-order chi connectivity index (χ0) is 5.86. The van der Waals surface area contributed by atoms with Crippen LogP contribution in [0.3, 0.4) is 0 Å². The van der Waals surface area contributed by atoms with E-state index in [2.05, 4.69) is 0 Å². The van der Waals surface area contributed by atoms with Gasteiger partial charge in [-0.05, 0) is 0 Å². The van der Waals surface area contributed by atoms with Gasteiger partial charge in [0.25, 0.3) is 0 Å². The van der Waals surface area contributed by atoms with E-state index >= 15 is 0 Å². The first kappa shape index (κ1) is 22.7. The molecule has 10 heavy (non-hydrogen) atoms. The van der Waals surface area contributed by atoms with Gasteiger partial charge in [-0.25, -0.2) is 0 Å². The molecule has 0 aromatic heterocycles. The number of rotatable bonds is 2. The van der Waals surface area contributed by atoms with Gasteiger partial charge in [-0.1, -0.05) is 0 Å². The Kier molecular flexibility index (Phi) is 31.3. The van der Waals surface area contributed by atoms with Crippen LogP contribution in [0.1, 0.15) is 6.42 Å². The Bertz CT molecular complexity index is 91.1. The third-order valence-corrected chi connectivity index (χ3v) is 0.289. The molecule has 0 aliphatic heterocycles. The Labute approximate surface area is 143 Å². The number of carboxylic acid groups (broad SMARTS) is 2. The minimum atomic E-state index is -1.63. The minimum absolute atomic E-state index is 0. The predicted octanol–water partition coefficient (Wildman–Crippen LogP) is -9.94. The molecule has 0 amide bonds. The van der Waals surface area contributed by atoms with Gasteiger partial charge in [0.1, 0.15) is 0 Å². The van der Waals surface area contributed by atoms with Gasteiger partial charge in [-0.15, -0.1) is 0 Å². The van der Waals surface area contributed by atoms with Crippen LogP contribution in [0.5, 0.6) is 0 Å². The molecule has 0 saturated carbocycles. The van der Waals surface area contributed by atoms with Crippen LogP contribution in [0.2, 0.25) is 0 Å². The van der Waals surface area contributed by atoms with Gasteiger partial charge in [0.15, 0.2) is 0 Å². The monoisotopic (exact) mass is 198 g/mol. The zero-order valence-electron chi connectivity index (χ0n) is 5.84. The van der Waals surface area contributed by atoms with E-state index in [1.807, 2.05) is 0 Å². The molecule has 0 aliphatic carbocycles. The van der Waals surface area contributed by atoms with Crippen LogP contribution in [-0.4, -0.2) is 17.4 Å². The van der Waals surface area contributed by atoms with Gasteiger partial charge in [0, 0.05) is 18.4 Å². The second-order valence-corrected chi connectivity index (χ2v) is 0.921. The summed E-state index contributed by atoms with van der Waals surface area (Å²) in [6.07, 6.45) is -1.03. The van der Waals surface area contributed by atoms with Crippen molar-refractivity contribution in [3.05, 3.63) is 0 Å². The first-order valence-electron chi connectivity index (χ1n) is 1.52. The average molecular weight is 198 g/mol. The van der Waals surface area contributed by atoms with Crippen LogP contribution in [0.4, 0.5) is 0 Å². The summed E-state index contributed by atoms with van der Waals surface area (Å²) in [5, 5.41) is 18.6. The van der Waals surface area contributed by atoms with E-state index in [4.69, 9.17) is 0 Å². The quantitative estimate of drug-likeness (QED) is 0.324. The SMILES string of the molecule is O.O=C([O-])CC(=O)[O-].[K+].[K+]. The Morgan fingerprint density at radius 2 is 1.20 bits per heavy atom. The molecule has 7 heteroatoms. The Hall–Kier alpha value is 2.17. The van der Waals surface area contributed by atoms with Crippen molar-refractivity contribution in [3.63, 3.8) is 0 Å². The largest absolute Gasteiger partial charge is 1.00 e. The molecule has 0 fully saturated rings. The minimum Gasteiger partial charge on any atom is -0.550 e. The summed E-state index contributed by atoms with van der Waals surface area (Å²) >= 11 is 0. The number of hydrogen-bond donors (Lipinski definition) is 0. The van der Waals surface area contributed by atoms with Crippen molar-refractivity contribution in [3.8, 4) is 0 Å². The van der Waals surface area contributed by atoms with Crippen LogP contribution in [-0.2, 0) is 9.59 Å². The number of carboxylic acids is 2. The number of carbonyl (C=O) groups excluding carboxylic acids is 2. The zero-order valence-corrected chi connectivity index (χ0v) is 12.1. The number of carbonyl (C=O) groups is 2. The Balaban J connectivity index is -0.0000000600.